The first kappa shape index (κ1) is 13.2. The number of carbonyl (C=O) groups is 1. The number of carbonyl (C=O) groups excluding carboxylic acids is 1. The minimum Gasteiger partial charge on any atom is -0.394 e. The molecule has 0 aliphatic rings. The van der Waals surface area contributed by atoms with Gasteiger partial charge in [-0.15, -0.1) is 5.10 Å². The standard InChI is InChI=1S/C13H16N4O2/c1-2-10(8-18)15-13(19)12-14-9-17(16-12)11-6-4-3-5-7-11/h3-7,9-10,18H,2,8H2,1H3,(H,15,19). The molecule has 1 unspecified atom stereocenters. The molecule has 1 aromatic carbocycles. The number of nitrogens with one attached hydrogen (secondary N) is 1. The van der Waals surface area contributed by atoms with Crippen LogP contribution < -0.4 is 5.32 Å². The van der Waals surface area contributed by atoms with Crippen LogP contribution in [0.3, 0.4) is 0 Å². The van der Waals surface area contributed by atoms with Gasteiger partial charge >= 0.3 is 0 Å². The lowest BCUT2D eigenvalue weighted by atomic mass is 10.2. The van der Waals surface area contributed by atoms with Crippen molar-refractivity contribution in [3.63, 3.8) is 0 Å². The van der Waals surface area contributed by atoms with E-state index in [1.54, 1.807) is 0 Å². The molecule has 2 aromatic rings. The molecule has 1 aromatic heterocycles. The van der Waals surface area contributed by atoms with E-state index in [1.807, 2.05) is 37.3 Å². The average molecular weight is 260 g/mol. The van der Waals surface area contributed by atoms with Crippen LogP contribution >= 0.6 is 0 Å². The number of para-hydroxylation sites is 1. The van der Waals surface area contributed by atoms with E-state index in [4.69, 9.17) is 5.11 Å². The number of benzene rings is 1. The second-order valence-corrected chi connectivity index (χ2v) is 4.11. The fourth-order valence-corrected chi connectivity index (χ4v) is 1.60. The zero-order chi connectivity index (χ0) is 13.7. The Hall–Kier alpha value is -2.21. The van der Waals surface area contributed by atoms with Crippen molar-refractivity contribution in [3.8, 4) is 5.69 Å². The number of aliphatic hydroxyl groups excluding tert-OH is 1. The number of hydrogen-bond donors (Lipinski definition) is 2. The molecule has 0 saturated carbocycles. The average Bonchev–Trinajstić information content (AvgIpc) is 2.95. The van der Waals surface area contributed by atoms with Gasteiger partial charge in [0.2, 0.25) is 5.82 Å². The Morgan fingerprint density at radius 3 is 2.79 bits per heavy atom. The highest BCUT2D eigenvalue weighted by molar-refractivity contribution is 5.90. The van der Waals surface area contributed by atoms with Gasteiger partial charge in [-0.25, -0.2) is 9.67 Å². The van der Waals surface area contributed by atoms with Crippen molar-refractivity contribution >= 4 is 5.91 Å². The van der Waals surface area contributed by atoms with E-state index in [-0.39, 0.29) is 24.4 Å². The second-order valence-electron chi connectivity index (χ2n) is 4.11. The second kappa shape index (κ2) is 6.10. The molecule has 0 aliphatic carbocycles. The van der Waals surface area contributed by atoms with Gasteiger partial charge in [0.25, 0.3) is 5.91 Å². The molecule has 0 bridgehead atoms. The molecule has 1 heterocycles. The molecule has 2 rings (SSSR count). The van der Waals surface area contributed by atoms with Crippen molar-refractivity contribution in [3.05, 3.63) is 42.5 Å². The molecule has 19 heavy (non-hydrogen) atoms. The lowest BCUT2D eigenvalue weighted by Gasteiger charge is -2.11. The zero-order valence-electron chi connectivity index (χ0n) is 10.7. The van der Waals surface area contributed by atoms with Crippen LogP contribution in [-0.2, 0) is 0 Å². The third-order valence-corrected chi connectivity index (χ3v) is 2.76. The molecule has 0 fully saturated rings. The molecule has 6 heteroatoms. The SMILES string of the molecule is CCC(CO)NC(=O)c1ncn(-c2ccccc2)n1. The Morgan fingerprint density at radius 1 is 1.42 bits per heavy atom. The van der Waals surface area contributed by atoms with Gasteiger partial charge in [0.1, 0.15) is 6.33 Å². The van der Waals surface area contributed by atoms with Crippen LogP contribution in [0, 0.1) is 0 Å². The molecule has 1 atom stereocenters. The van der Waals surface area contributed by atoms with Crippen molar-refractivity contribution in [1.29, 1.82) is 0 Å². The molecule has 0 radical (unpaired) electrons. The van der Waals surface area contributed by atoms with Gasteiger partial charge in [0.05, 0.1) is 18.3 Å². The zero-order valence-corrected chi connectivity index (χ0v) is 10.7. The summed E-state index contributed by atoms with van der Waals surface area (Å²) in [4.78, 5) is 15.8. The third kappa shape index (κ3) is 3.17. The molecule has 6 nitrogen and oxygen atoms in total. The fraction of sp³-hybridized carbons (Fsp3) is 0.308. The smallest absolute Gasteiger partial charge is 0.291 e. The number of hydrogen-bond acceptors (Lipinski definition) is 4. The monoisotopic (exact) mass is 260 g/mol. The molecule has 0 spiro atoms. The van der Waals surface area contributed by atoms with E-state index >= 15 is 0 Å². The highest BCUT2D eigenvalue weighted by Crippen LogP contribution is 2.04. The van der Waals surface area contributed by atoms with E-state index in [2.05, 4.69) is 15.4 Å². The fourth-order valence-electron chi connectivity index (χ4n) is 1.60. The third-order valence-electron chi connectivity index (χ3n) is 2.76. The maximum absolute atomic E-state index is 11.9. The number of nitrogens with zero attached hydrogens (tertiary/aromatic N) is 3. The minimum atomic E-state index is -0.379. The molecule has 0 saturated heterocycles. The summed E-state index contributed by atoms with van der Waals surface area (Å²) in [5.74, 6) is -0.286. The molecular formula is C13H16N4O2. The predicted molar refractivity (Wildman–Crippen MR) is 70.0 cm³/mol. The Balaban J connectivity index is 2.11. The minimum absolute atomic E-state index is 0.0933. The first-order chi connectivity index (χ1) is 9.24. The number of rotatable bonds is 5. The summed E-state index contributed by atoms with van der Waals surface area (Å²) in [5, 5.41) is 15.8. The number of aromatic nitrogens is 3. The highest BCUT2D eigenvalue weighted by Gasteiger charge is 2.15. The Labute approximate surface area is 111 Å². The topological polar surface area (TPSA) is 80.0 Å². The van der Waals surface area contributed by atoms with Crippen molar-refractivity contribution in [2.24, 2.45) is 0 Å². The Kier molecular flexibility index (Phi) is 4.25. The van der Waals surface area contributed by atoms with E-state index in [9.17, 15) is 4.79 Å². The summed E-state index contributed by atoms with van der Waals surface area (Å²) in [6, 6.07) is 9.15. The maximum Gasteiger partial charge on any atom is 0.291 e. The van der Waals surface area contributed by atoms with E-state index in [0.717, 1.165) is 5.69 Å². The Morgan fingerprint density at radius 2 is 2.16 bits per heavy atom. The lowest BCUT2D eigenvalue weighted by Crippen LogP contribution is -2.37. The van der Waals surface area contributed by atoms with E-state index in [0.29, 0.717) is 6.42 Å². The summed E-state index contributed by atoms with van der Waals surface area (Å²) in [6.07, 6.45) is 2.14. The van der Waals surface area contributed by atoms with Crippen LogP contribution in [0.25, 0.3) is 5.69 Å². The quantitative estimate of drug-likeness (QED) is 0.832. The summed E-state index contributed by atoms with van der Waals surface area (Å²) in [6.45, 7) is 1.79. The Bertz CT molecular complexity index is 535. The number of aliphatic hydroxyl groups is 1. The summed E-state index contributed by atoms with van der Waals surface area (Å²) in [5.41, 5.74) is 0.836. The van der Waals surface area contributed by atoms with Crippen LogP contribution in [0.4, 0.5) is 0 Å². The molecule has 2 N–H and O–H groups in total. The highest BCUT2D eigenvalue weighted by atomic mass is 16.3. The van der Waals surface area contributed by atoms with Crippen LogP contribution in [0.2, 0.25) is 0 Å². The van der Waals surface area contributed by atoms with Crippen molar-refractivity contribution in [1.82, 2.24) is 20.1 Å². The molecule has 1 amide bonds. The maximum atomic E-state index is 11.9. The van der Waals surface area contributed by atoms with Crippen LogP contribution in [0.5, 0.6) is 0 Å². The van der Waals surface area contributed by atoms with Gasteiger partial charge in [-0.3, -0.25) is 4.79 Å². The van der Waals surface area contributed by atoms with Gasteiger partial charge in [-0.2, -0.15) is 0 Å². The lowest BCUT2D eigenvalue weighted by molar-refractivity contribution is 0.0904. The largest absolute Gasteiger partial charge is 0.394 e. The van der Waals surface area contributed by atoms with Crippen molar-refractivity contribution in [2.75, 3.05) is 6.61 Å². The first-order valence-electron chi connectivity index (χ1n) is 6.13. The van der Waals surface area contributed by atoms with Crippen LogP contribution in [0.15, 0.2) is 36.7 Å². The summed E-state index contributed by atoms with van der Waals surface area (Å²) < 4.78 is 1.54. The molecule has 0 aliphatic heterocycles. The van der Waals surface area contributed by atoms with E-state index < -0.39 is 0 Å². The summed E-state index contributed by atoms with van der Waals surface area (Å²) in [7, 11) is 0. The first-order valence-corrected chi connectivity index (χ1v) is 6.13. The van der Waals surface area contributed by atoms with Gasteiger partial charge in [-0.1, -0.05) is 25.1 Å². The van der Waals surface area contributed by atoms with E-state index in [1.165, 1.54) is 11.0 Å². The van der Waals surface area contributed by atoms with Gasteiger partial charge in [0.15, 0.2) is 0 Å². The summed E-state index contributed by atoms with van der Waals surface area (Å²) >= 11 is 0. The van der Waals surface area contributed by atoms with Gasteiger partial charge < -0.3 is 10.4 Å². The van der Waals surface area contributed by atoms with Crippen molar-refractivity contribution < 1.29 is 9.90 Å². The normalized spacial score (nSPS) is 12.1. The van der Waals surface area contributed by atoms with Gasteiger partial charge in [-0.05, 0) is 18.6 Å². The van der Waals surface area contributed by atoms with Gasteiger partial charge in [0, 0.05) is 0 Å². The van der Waals surface area contributed by atoms with Crippen LogP contribution in [0.1, 0.15) is 24.0 Å². The predicted octanol–water partition coefficient (Wildman–Crippen LogP) is 0.768. The number of amides is 1. The molecule has 100 valence electrons. The van der Waals surface area contributed by atoms with Crippen molar-refractivity contribution in [2.45, 2.75) is 19.4 Å². The molecular weight excluding hydrogens is 244 g/mol. The van der Waals surface area contributed by atoms with Crippen LogP contribution in [-0.4, -0.2) is 38.4 Å².